The summed E-state index contributed by atoms with van der Waals surface area (Å²) in [5.74, 6) is -4.51. The molecule has 4 heterocycles. The number of amides is 1. The van der Waals surface area contributed by atoms with Crippen LogP contribution in [0.3, 0.4) is 0 Å². The average molecular weight is 1100 g/mol. The number of nitrogens with one attached hydrogen (secondary N) is 1. The lowest BCUT2D eigenvalue weighted by Gasteiger charge is -2.50. The quantitative estimate of drug-likeness (QED) is 0.0852. The number of thiazole rings is 1. The van der Waals surface area contributed by atoms with E-state index in [1.54, 1.807) is 72.1 Å². The van der Waals surface area contributed by atoms with Crippen LogP contribution in [0.15, 0.2) is 35.6 Å². The van der Waals surface area contributed by atoms with Crippen molar-refractivity contribution in [2.24, 2.45) is 28.8 Å². The zero-order valence-electron chi connectivity index (χ0n) is 47.0. The van der Waals surface area contributed by atoms with Gasteiger partial charge in [0.15, 0.2) is 12.6 Å². The molecule has 6 N–H and O–H groups in total. The summed E-state index contributed by atoms with van der Waals surface area (Å²) in [4.78, 5) is 40.2. The largest absolute Gasteiger partial charge is 0.473 e. The van der Waals surface area contributed by atoms with Crippen molar-refractivity contribution in [1.82, 2.24) is 15.2 Å². The highest BCUT2D eigenvalue weighted by molar-refractivity contribution is 7.16. The predicted molar refractivity (Wildman–Crippen MR) is 281 cm³/mol. The van der Waals surface area contributed by atoms with E-state index in [1.807, 2.05) is 32.6 Å². The topological polar surface area (TPSA) is 259 Å². The fraction of sp³-hybridized carbons (Fsp3) is 0.778. The Hall–Kier alpha value is -3.49. The maximum absolute atomic E-state index is 14.6. The summed E-state index contributed by atoms with van der Waals surface area (Å²) in [6.45, 7) is 16.4. The molecule has 3 fully saturated rings. The van der Waals surface area contributed by atoms with Crippen molar-refractivity contribution in [3.8, 4) is 15.6 Å². The molecular formula is C54H87FN4O16S. The number of rotatable bonds is 18. The molecule has 20 nitrogen and oxygen atoms in total. The molecule has 1 amide bonds. The number of aromatic nitrogens is 1. The van der Waals surface area contributed by atoms with E-state index in [-0.39, 0.29) is 32.2 Å². The molecular weight excluding hydrogens is 1010 g/mol. The molecule has 3 unspecified atom stereocenters. The fourth-order valence-corrected chi connectivity index (χ4v) is 12.0. The average Bonchev–Trinajstić information content (AvgIpc) is 3.89. The highest BCUT2D eigenvalue weighted by Crippen LogP contribution is 2.42. The van der Waals surface area contributed by atoms with Crippen LogP contribution in [0.4, 0.5) is 4.39 Å². The summed E-state index contributed by atoms with van der Waals surface area (Å²) in [6.07, 6.45) is -9.80. The van der Waals surface area contributed by atoms with E-state index in [4.69, 9.17) is 42.7 Å². The van der Waals surface area contributed by atoms with Gasteiger partial charge >= 0.3 is 5.97 Å². The van der Waals surface area contributed by atoms with E-state index in [0.29, 0.717) is 22.9 Å². The van der Waals surface area contributed by atoms with Crippen LogP contribution >= 0.6 is 11.3 Å². The Balaban J connectivity index is 1.44. The van der Waals surface area contributed by atoms with Crippen molar-refractivity contribution in [3.63, 3.8) is 0 Å². The van der Waals surface area contributed by atoms with E-state index in [0.717, 1.165) is 10.4 Å². The molecule has 0 radical (unpaired) electrons. The van der Waals surface area contributed by atoms with Crippen molar-refractivity contribution in [2.75, 3.05) is 48.7 Å². The van der Waals surface area contributed by atoms with E-state index >= 15 is 0 Å². The minimum Gasteiger partial charge on any atom is -0.473 e. The van der Waals surface area contributed by atoms with Crippen molar-refractivity contribution in [3.05, 3.63) is 36.0 Å². The minimum absolute atomic E-state index is 0.0687. The van der Waals surface area contributed by atoms with Gasteiger partial charge in [0.2, 0.25) is 5.91 Å². The van der Waals surface area contributed by atoms with Gasteiger partial charge in [-0.1, -0.05) is 68.5 Å². The third kappa shape index (κ3) is 14.5. The van der Waals surface area contributed by atoms with Crippen LogP contribution in [0.5, 0.6) is 5.19 Å². The molecule has 432 valence electrons. The monoisotopic (exact) mass is 1100 g/mol. The molecule has 3 aliphatic heterocycles. The number of hydrogen-bond acceptors (Lipinski definition) is 20. The first-order valence-corrected chi connectivity index (χ1v) is 27.2. The molecule has 1 aromatic heterocycles. The highest BCUT2D eigenvalue weighted by Gasteiger charge is 2.54. The summed E-state index contributed by atoms with van der Waals surface area (Å²) in [5.41, 5.74) is -2.74. The maximum Gasteiger partial charge on any atom is 0.311 e. The Morgan fingerprint density at radius 1 is 0.961 bits per heavy atom. The first kappa shape index (κ1) is 63.3. The molecule has 3 aliphatic rings. The lowest BCUT2D eigenvalue weighted by molar-refractivity contribution is -0.319. The second-order valence-electron chi connectivity index (χ2n) is 21.8. The SMILES string of the molecule is CC[C@H]1OC(=O)[C@H](C)[C@@H](O[C@H]2CC(C)(OC)[C@@H](O)[C@H](C)O2)[C@H](C)[C@@H](O[C@@H]2O[C@H](C)C[C@H](N(C)CCC(=O)N[C@H](CF)[C@H](O)c3ccc(-c4cnc(OC)s4)cc3)[C@H]2O)C(C)(OC)C[C@@H](C)/C(=N/OC)[C@H](C)[C@@H](O)C1(C)O. The molecule has 20 atom stereocenters. The molecule has 2 aromatic rings. The zero-order chi connectivity index (χ0) is 56.6. The van der Waals surface area contributed by atoms with Crippen molar-refractivity contribution >= 4 is 28.9 Å². The Labute approximate surface area is 451 Å². The number of hydrogen-bond donors (Lipinski definition) is 6. The Bertz CT molecular complexity index is 2190. The number of oxime groups is 1. The zero-order valence-corrected chi connectivity index (χ0v) is 47.8. The number of cyclic esters (lactones) is 1. The van der Waals surface area contributed by atoms with Gasteiger partial charge in [-0.3, -0.25) is 9.59 Å². The number of carbonyl (C=O) groups is 2. The lowest BCUT2D eigenvalue weighted by atomic mass is 9.73. The smallest absolute Gasteiger partial charge is 0.311 e. The third-order valence-corrected chi connectivity index (χ3v) is 17.2. The number of nitrogens with zero attached hydrogens (tertiary/aromatic N) is 3. The van der Waals surface area contributed by atoms with Crippen molar-refractivity contribution in [1.29, 1.82) is 0 Å². The summed E-state index contributed by atoms with van der Waals surface area (Å²) < 4.78 is 64.7. The van der Waals surface area contributed by atoms with Crippen LogP contribution < -0.4 is 10.1 Å². The Morgan fingerprint density at radius 2 is 1.62 bits per heavy atom. The van der Waals surface area contributed by atoms with Gasteiger partial charge in [0.1, 0.15) is 43.8 Å². The number of alkyl halides is 1. The first-order valence-electron chi connectivity index (χ1n) is 26.4. The molecule has 0 saturated carbocycles. The standard InChI is InChI=1S/C54H87FN4O16S/c1-16-39-54(10,66)46(63)30(4)42(58-70-15)28(2)24-53(9,69-14)48(31(5)45(32(6)49(65)73-39)74-41-25-52(8,68-13)47(64)33(7)72-41)75-50-44(62)37(23-29(3)71-50)59(11)22-21-40(60)57-36(26-55)43(61)35-19-17-34(18-20-35)38-27-56-51(67-12)76-38/h17-20,27-33,36-37,39,41,43-48,50,61-64,66H,16,21-26H2,1-15H3,(H,57,60)/b58-42-/t28-,29-,30+,31+,32-,33+,36-,37+,39-,41+,43-,44-,45+,46-,47+,48-,50+,52?,53?,54?/m1/s1. The van der Waals surface area contributed by atoms with Crippen molar-refractivity contribution in [2.45, 2.75) is 198 Å². The van der Waals surface area contributed by atoms with Crippen LogP contribution in [0.25, 0.3) is 10.4 Å². The number of methoxy groups -OCH3 is 3. The van der Waals surface area contributed by atoms with Gasteiger partial charge in [-0.05, 0) is 79.0 Å². The molecule has 0 bridgehead atoms. The maximum atomic E-state index is 14.6. The van der Waals surface area contributed by atoms with Gasteiger partial charge in [-0.15, -0.1) is 0 Å². The lowest BCUT2D eigenvalue weighted by Crippen LogP contribution is -2.61. The van der Waals surface area contributed by atoms with Crippen LogP contribution in [0.2, 0.25) is 0 Å². The van der Waals surface area contributed by atoms with Gasteiger partial charge < -0.3 is 78.5 Å². The first-order chi connectivity index (χ1) is 35.7. The molecule has 0 aliphatic carbocycles. The summed E-state index contributed by atoms with van der Waals surface area (Å²) in [7, 11) is 7.67. The second-order valence-corrected chi connectivity index (χ2v) is 22.8. The highest BCUT2D eigenvalue weighted by atomic mass is 32.1. The number of likely N-dealkylation sites (N-methyl/N-ethyl adjacent to an activating group) is 1. The van der Waals surface area contributed by atoms with E-state index in [9.17, 15) is 39.5 Å². The summed E-state index contributed by atoms with van der Waals surface area (Å²) in [6, 6.07) is 5.05. The molecule has 76 heavy (non-hydrogen) atoms. The van der Waals surface area contributed by atoms with E-state index in [1.165, 1.54) is 46.7 Å². The number of halogens is 1. The van der Waals surface area contributed by atoms with Gasteiger partial charge in [-0.25, -0.2) is 9.37 Å². The summed E-state index contributed by atoms with van der Waals surface area (Å²) >= 11 is 1.36. The fourth-order valence-electron chi connectivity index (χ4n) is 11.3. The molecule has 1 aromatic carbocycles. The molecule has 22 heteroatoms. The number of aliphatic hydroxyl groups excluding tert-OH is 4. The van der Waals surface area contributed by atoms with E-state index < -0.39 is 139 Å². The predicted octanol–water partition coefficient (Wildman–Crippen LogP) is 4.95. The number of aliphatic hydroxyl groups is 5. The number of benzene rings is 1. The molecule has 0 spiro atoms. The normalized spacial score (nSPS) is 38.5. The van der Waals surface area contributed by atoms with Crippen LogP contribution in [0, 0.1) is 23.7 Å². The minimum atomic E-state index is -1.96. The van der Waals surface area contributed by atoms with Crippen LogP contribution in [-0.2, 0) is 47.6 Å². The van der Waals surface area contributed by atoms with Gasteiger partial charge in [0.05, 0.1) is 71.4 Å². The number of carbonyl (C=O) groups excluding carboxylic acids is 2. The third-order valence-electron chi connectivity index (χ3n) is 16.2. The second kappa shape index (κ2) is 27.1. The van der Waals surface area contributed by atoms with Gasteiger partial charge in [0, 0.05) is 63.6 Å². The number of ether oxygens (including phenoxy) is 8. The molecule has 5 rings (SSSR count). The Morgan fingerprint density at radius 3 is 2.20 bits per heavy atom. The van der Waals surface area contributed by atoms with Crippen LogP contribution in [0.1, 0.15) is 113 Å². The Kier molecular flexibility index (Phi) is 22.6. The van der Waals surface area contributed by atoms with Gasteiger partial charge in [-0.2, -0.15) is 0 Å². The van der Waals surface area contributed by atoms with Crippen molar-refractivity contribution < 1.29 is 82.2 Å². The van der Waals surface area contributed by atoms with E-state index in [2.05, 4.69) is 15.5 Å². The molecule has 3 saturated heterocycles. The van der Waals surface area contributed by atoms with Crippen LogP contribution in [-0.4, -0.2) is 192 Å². The van der Waals surface area contributed by atoms with Gasteiger partial charge in [0.25, 0.3) is 5.19 Å². The summed E-state index contributed by atoms with van der Waals surface area (Å²) in [5, 5.41) is 66.1. The number of esters is 1.